The monoisotopic (exact) mass is 369 g/mol. The number of carboxylic acids is 1. The van der Waals surface area contributed by atoms with Crippen molar-refractivity contribution in [1.82, 2.24) is 0 Å². The molecule has 5 nitrogen and oxygen atoms in total. The number of phenolic OH excluding ortho intramolecular Hbond substituents is 1. The predicted molar refractivity (Wildman–Crippen MR) is 107 cm³/mol. The van der Waals surface area contributed by atoms with Gasteiger partial charge in [0.05, 0.1) is 5.56 Å². The molecule has 0 bridgehead atoms. The number of hydrogen-bond donors (Lipinski definition) is 3. The van der Waals surface area contributed by atoms with E-state index in [1.165, 1.54) is 12.1 Å². The van der Waals surface area contributed by atoms with E-state index < -0.39 is 5.97 Å². The summed E-state index contributed by atoms with van der Waals surface area (Å²) in [4.78, 5) is 23.7. The van der Waals surface area contributed by atoms with Crippen molar-refractivity contribution >= 4 is 17.6 Å². The second-order valence-corrected chi connectivity index (χ2v) is 8.76. The van der Waals surface area contributed by atoms with Crippen LogP contribution >= 0.6 is 0 Å². The van der Waals surface area contributed by atoms with Crippen molar-refractivity contribution in [3.63, 3.8) is 0 Å². The third-order valence-corrected chi connectivity index (χ3v) is 4.38. The Balaban J connectivity index is 2.44. The zero-order valence-electron chi connectivity index (χ0n) is 16.7. The molecule has 2 rings (SSSR count). The number of carboxylic acid groups (broad SMARTS) is 1. The van der Waals surface area contributed by atoms with E-state index in [1.807, 2.05) is 41.5 Å². The van der Waals surface area contributed by atoms with Crippen LogP contribution in [0.25, 0.3) is 0 Å². The Hall–Kier alpha value is -2.82. The molecule has 0 saturated carbocycles. The zero-order chi connectivity index (χ0) is 20.6. The Kier molecular flexibility index (Phi) is 5.36. The molecular weight excluding hydrogens is 342 g/mol. The van der Waals surface area contributed by atoms with E-state index in [2.05, 4.69) is 5.32 Å². The lowest BCUT2D eigenvalue weighted by molar-refractivity contribution is 0.0696. The van der Waals surface area contributed by atoms with Crippen LogP contribution in [0.2, 0.25) is 0 Å². The maximum atomic E-state index is 12.8. The summed E-state index contributed by atoms with van der Waals surface area (Å²) in [7, 11) is 0. The number of rotatable bonds is 3. The molecule has 0 heterocycles. The van der Waals surface area contributed by atoms with Gasteiger partial charge in [0.2, 0.25) is 0 Å². The number of aromatic hydroxyl groups is 1. The predicted octanol–water partition coefficient (Wildman–Crippen LogP) is 4.94. The van der Waals surface area contributed by atoms with Crippen LogP contribution in [-0.2, 0) is 10.8 Å². The van der Waals surface area contributed by atoms with Gasteiger partial charge in [0, 0.05) is 22.4 Å². The van der Waals surface area contributed by atoms with Gasteiger partial charge >= 0.3 is 5.97 Å². The van der Waals surface area contributed by atoms with Crippen LogP contribution in [-0.4, -0.2) is 22.1 Å². The highest BCUT2D eigenvalue weighted by Crippen LogP contribution is 2.39. The SMILES string of the molecule is CC(C)(C)c1cc(C(=O)Nc2ccc(C(=O)O)cc2)cc(C(C)(C)C)c1O. The Morgan fingerprint density at radius 1 is 0.815 bits per heavy atom. The average Bonchev–Trinajstić information content (AvgIpc) is 2.53. The minimum absolute atomic E-state index is 0.155. The molecule has 2 aromatic rings. The number of phenols is 1. The second-order valence-electron chi connectivity index (χ2n) is 8.76. The molecule has 0 radical (unpaired) electrons. The second kappa shape index (κ2) is 7.06. The van der Waals surface area contributed by atoms with Gasteiger partial charge in [-0.05, 0) is 47.2 Å². The lowest BCUT2D eigenvalue weighted by Gasteiger charge is -2.28. The lowest BCUT2D eigenvalue weighted by Crippen LogP contribution is -2.20. The highest BCUT2D eigenvalue weighted by atomic mass is 16.4. The number of carbonyl (C=O) groups excluding carboxylic acids is 1. The fourth-order valence-electron chi connectivity index (χ4n) is 2.81. The molecule has 0 unspecified atom stereocenters. The highest BCUT2D eigenvalue weighted by Gasteiger charge is 2.27. The normalized spacial score (nSPS) is 11.9. The first-order valence-corrected chi connectivity index (χ1v) is 8.83. The van der Waals surface area contributed by atoms with Crippen molar-refractivity contribution in [2.45, 2.75) is 52.4 Å². The van der Waals surface area contributed by atoms with E-state index in [1.54, 1.807) is 24.3 Å². The molecule has 0 aliphatic carbocycles. The van der Waals surface area contributed by atoms with Gasteiger partial charge in [-0.3, -0.25) is 4.79 Å². The summed E-state index contributed by atoms with van der Waals surface area (Å²) in [6.07, 6.45) is 0. The van der Waals surface area contributed by atoms with E-state index in [0.717, 1.165) is 0 Å². The summed E-state index contributed by atoms with van der Waals surface area (Å²) >= 11 is 0. The number of aromatic carboxylic acids is 1. The molecule has 144 valence electrons. The Labute approximate surface area is 160 Å². The number of benzene rings is 2. The summed E-state index contributed by atoms with van der Waals surface area (Å²) in [5, 5.41) is 22.5. The van der Waals surface area contributed by atoms with Gasteiger partial charge < -0.3 is 15.5 Å². The van der Waals surface area contributed by atoms with E-state index in [-0.39, 0.29) is 28.1 Å². The van der Waals surface area contributed by atoms with Crippen LogP contribution < -0.4 is 5.32 Å². The molecule has 0 aliphatic heterocycles. The fraction of sp³-hybridized carbons (Fsp3) is 0.364. The molecule has 0 spiro atoms. The Morgan fingerprint density at radius 3 is 1.63 bits per heavy atom. The van der Waals surface area contributed by atoms with E-state index in [4.69, 9.17) is 5.11 Å². The number of amides is 1. The maximum Gasteiger partial charge on any atom is 0.335 e. The minimum Gasteiger partial charge on any atom is -0.507 e. The van der Waals surface area contributed by atoms with Crippen molar-refractivity contribution in [3.8, 4) is 5.75 Å². The Morgan fingerprint density at radius 2 is 1.26 bits per heavy atom. The summed E-state index contributed by atoms with van der Waals surface area (Å²) in [6, 6.07) is 9.41. The molecule has 27 heavy (non-hydrogen) atoms. The zero-order valence-corrected chi connectivity index (χ0v) is 16.7. The molecule has 3 N–H and O–H groups in total. The molecule has 0 saturated heterocycles. The largest absolute Gasteiger partial charge is 0.507 e. The summed E-state index contributed by atoms with van der Waals surface area (Å²) < 4.78 is 0. The summed E-state index contributed by atoms with van der Waals surface area (Å²) in [6.45, 7) is 11.9. The van der Waals surface area contributed by atoms with Crippen LogP contribution in [0.15, 0.2) is 36.4 Å². The molecule has 0 aromatic heterocycles. The van der Waals surface area contributed by atoms with Crippen molar-refractivity contribution < 1.29 is 19.8 Å². The van der Waals surface area contributed by atoms with Gasteiger partial charge in [-0.25, -0.2) is 4.79 Å². The quantitative estimate of drug-likeness (QED) is 0.715. The molecule has 2 aromatic carbocycles. The highest BCUT2D eigenvalue weighted by molar-refractivity contribution is 6.05. The van der Waals surface area contributed by atoms with E-state index >= 15 is 0 Å². The fourth-order valence-corrected chi connectivity index (χ4v) is 2.81. The van der Waals surface area contributed by atoms with Gasteiger partial charge in [-0.2, -0.15) is 0 Å². The average molecular weight is 369 g/mol. The van der Waals surface area contributed by atoms with Gasteiger partial charge in [0.15, 0.2) is 0 Å². The smallest absolute Gasteiger partial charge is 0.335 e. The topological polar surface area (TPSA) is 86.6 Å². The molecule has 1 amide bonds. The Bertz CT molecular complexity index is 834. The molecule has 0 atom stereocenters. The van der Waals surface area contributed by atoms with Gasteiger partial charge in [-0.15, -0.1) is 0 Å². The first-order valence-electron chi connectivity index (χ1n) is 8.83. The molecule has 5 heteroatoms. The standard InChI is InChI=1S/C22H27NO4/c1-21(2,3)16-11-14(12-17(18(16)24)22(4,5)6)19(25)23-15-9-7-13(8-10-15)20(26)27/h7-12,24H,1-6H3,(H,23,25)(H,26,27). The number of anilines is 1. The van der Waals surface area contributed by atoms with Crippen molar-refractivity contribution in [3.05, 3.63) is 58.7 Å². The van der Waals surface area contributed by atoms with Gasteiger partial charge in [0.1, 0.15) is 5.75 Å². The minimum atomic E-state index is -1.02. The van der Waals surface area contributed by atoms with Crippen LogP contribution in [0.5, 0.6) is 5.75 Å². The maximum absolute atomic E-state index is 12.8. The summed E-state index contributed by atoms with van der Waals surface area (Å²) in [5.74, 6) is -1.11. The van der Waals surface area contributed by atoms with E-state index in [9.17, 15) is 14.7 Å². The van der Waals surface area contributed by atoms with Crippen LogP contribution in [0.4, 0.5) is 5.69 Å². The molecule has 0 aliphatic rings. The van der Waals surface area contributed by atoms with Crippen molar-refractivity contribution in [1.29, 1.82) is 0 Å². The van der Waals surface area contributed by atoms with E-state index in [0.29, 0.717) is 22.4 Å². The number of hydrogen-bond acceptors (Lipinski definition) is 3. The molecular formula is C22H27NO4. The number of carbonyl (C=O) groups is 2. The van der Waals surface area contributed by atoms with Crippen molar-refractivity contribution in [2.24, 2.45) is 0 Å². The first kappa shape index (κ1) is 20.5. The van der Waals surface area contributed by atoms with Crippen LogP contribution in [0.1, 0.15) is 73.4 Å². The summed E-state index contributed by atoms with van der Waals surface area (Å²) in [5.41, 5.74) is 1.87. The van der Waals surface area contributed by atoms with Gasteiger partial charge in [0.25, 0.3) is 5.91 Å². The van der Waals surface area contributed by atoms with Crippen LogP contribution in [0.3, 0.4) is 0 Å². The lowest BCUT2D eigenvalue weighted by atomic mass is 9.78. The van der Waals surface area contributed by atoms with Crippen LogP contribution in [0, 0.1) is 0 Å². The molecule has 0 fully saturated rings. The third-order valence-electron chi connectivity index (χ3n) is 4.38. The van der Waals surface area contributed by atoms with Gasteiger partial charge in [-0.1, -0.05) is 41.5 Å². The first-order chi connectivity index (χ1) is 12.3. The number of nitrogens with one attached hydrogen (secondary N) is 1. The third kappa shape index (κ3) is 4.67. The van der Waals surface area contributed by atoms with Crippen molar-refractivity contribution in [2.75, 3.05) is 5.32 Å².